The molecular formula is C17H22N4O2S. The van der Waals surface area contributed by atoms with Crippen LogP contribution < -0.4 is 5.69 Å². The van der Waals surface area contributed by atoms with Gasteiger partial charge in [-0.15, -0.1) is 5.10 Å². The number of aromatic amines is 1. The summed E-state index contributed by atoms with van der Waals surface area (Å²) in [4.78, 5) is 26.3. The van der Waals surface area contributed by atoms with Crippen LogP contribution in [0.4, 0.5) is 0 Å². The number of piperidine rings is 1. The van der Waals surface area contributed by atoms with Crippen LogP contribution in [0.1, 0.15) is 25.3 Å². The summed E-state index contributed by atoms with van der Waals surface area (Å²) in [5.41, 5.74) is 0.777. The van der Waals surface area contributed by atoms with Gasteiger partial charge < -0.3 is 4.90 Å². The molecular weight excluding hydrogens is 324 g/mol. The molecule has 0 aliphatic carbocycles. The summed E-state index contributed by atoms with van der Waals surface area (Å²) in [7, 11) is 0. The molecule has 1 amide bonds. The topological polar surface area (TPSA) is 71.0 Å². The largest absolute Gasteiger partial charge is 0.344 e. The summed E-state index contributed by atoms with van der Waals surface area (Å²) in [5.74, 6) is 0.994. The molecule has 1 N–H and O–H groups in total. The van der Waals surface area contributed by atoms with Crippen LogP contribution in [0.25, 0.3) is 0 Å². The molecule has 0 spiro atoms. The van der Waals surface area contributed by atoms with Crippen LogP contribution in [0.3, 0.4) is 0 Å². The van der Waals surface area contributed by atoms with E-state index < -0.39 is 0 Å². The third kappa shape index (κ3) is 4.08. The van der Waals surface area contributed by atoms with Crippen molar-refractivity contribution in [2.24, 2.45) is 5.92 Å². The van der Waals surface area contributed by atoms with Crippen molar-refractivity contribution in [3.8, 4) is 0 Å². The highest BCUT2D eigenvalue weighted by Crippen LogP contribution is 2.19. The molecule has 24 heavy (non-hydrogen) atoms. The van der Waals surface area contributed by atoms with E-state index in [2.05, 4.69) is 17.1 Å². The average molecular weight is 346 g/mol. The lowest BCUT2D eigenvalue weighted by molar-refractivity contribution is -0.130. The Morgan fingerprint density at radius 1 is 1.38 bits per heavy atom. The quantitative estimate of drug-likeness (QED) is 0.840. The summed E-state index contributed by atoms with van der Waals surface area (Å²) in [6.07, 6.45) is 2.26. The first-order chi connectivity index (χ1) is 11.6. The van der Waals surface area contributed by atoms with Gasteiger partial charge in [0.1, 0.15) is 0 Å². The fourth-order valence-corrected chi connectivity index (χ4v) is 3.80. The van der Waals surface area contributed by atoms with Gasteiger partial charge in [0.15, 0.2) is 5.16 Å². The number of aromatic nitrogens is 3. The van der Waals surface area contributed by atoms with Crippen molar-refractivity contribution in [3.63, 3.8) is 0 Å². The predicted octanol–water partition coefficient (Wildman–Crippen LogP) is 1.97. The van der Waals surface area contributed by atoms with E-state index in [9.17, 15) is 9.59 Å². The molecule has 2 heterocycles. The first kappa shape index (κ1) is 16.8. The second kappa shape index (κ2) is 7.70. The average Bonchev–Trinajstić information content (AvgIpc) is 2.94. The predicted molar refractivity (Wildman–Crippen MR) is 94.1 cm³/mol. The molecule has 3 rings (SSSR count). The zero-order valence-corrected chi connectivity index (χ0v) is 14.6. The van der Waals surface area contributed by atoms with Crippen LogP contribution in [0.2, 0.25) is 0 Å². The number of amides is 1. The Kier molecular flexibility index (Phi) is 5.40. The summed E-state index contributed by atoms with van der Waals surface area (Å²) in [5, 5.41) is 7.10. The number of H-pyrrole nitrogens is 1. The fraction of sp³-hybridized carbons (Fsp3) is 0.471. The summed E-state index contributed by atoms with van der Waals surface area (Å²) < 4.78 is 1.58. The van der Waals surface area contributed by atoms with Crippen LogP contribution in [0, 0.1) is 5.92 Å². The van der Waals surface area contributed by atoms with E-state index >= 15 is 0 Å². The normalized spacial score (nSPS) is 17.9. The number of benzene rings is 1. The van der Waals surface area contributed by atoms with E-state index in [4.69, 9.17) is 0 Å². The Morgan fingerprint density at radius 3 is 2.92 bits per heavy atom. The third-order valence-corrected chi connectivity index (χ3v) is 5.20. The van der Waals surface area contributed by atoms with E-state index in [1.54, 1.807) is 4.57 Å². The number of hydrogen-bond acceptors (Lipinski definition) is 4. The molecule has 2 aromatic rings. The number of thioether (sulfide) groups is 1. The molecule has 128 valence electrons. The SMILES string of the molecule is C[C@H]1CCCN(C(=O)CSc2n[nH]c(=O)n2Cc2ccccc2)C1. The standard InChI is InChI=1S/C17H22N4O2S/c1-13-6-5-9-20(10-13)15(22)12-24-17-19-18-16(23)21(17)11-14-7-3-2-4-8-14/h2-4,7-8,13H,5-6,9-12H2,1H3,(H,18,23)/t13-/m0/s1. The molecule has 0 unspecified atom stereocenters. The Bertz CT molecular complexity index is 741. The smallest absolute Gasteiger partial charge is 0.342 e. The van der Waals surface area contributed by atoms with Crippen molar-refractivity contribution in [2.75, 3.05) is 18.8 Å². The van der Waals surface area contributed by atoms with Gasteiger partial charge in [0.05, 0.1) is 12.3 Å². The summed E-state index contributed by atoms with van der Waals surface area (Å²) in [6.45, 7) is 4.29. The van der Waals surface area contributed by atoms with Gasteiger partial charge in [-0.3, -0.25) is 9.36 Å². The van der Waals surface area contributed by atoms with Crippen molar-refractivity contribution in [1.82, 2.24) is 19.7 Å². The second-order valence-corrected chi connectivity index (χ2v) is 7.20. The van der Waals surface area contributed by atoms with Gasteiger partial charge in [-0.2, -0.15) is 0 Å². The van der Waals surface area contributed by atoms with E-state index in [0.29, 0.717) is 23.4 Å². The fourth-order valence-electron chi connectivity index (χ4n) is 2.95. The van der Waals surface area contributed by atoms with Gasteiger partial charge in [0, 0.05) is 13.1 Å². The monoisotopic (exact) mass is 346 g/mol. The minimum atomic E-state index is -0.250. The van der Waals surface area contributed by atoms with E-state index in [-0.39, 0.29) is 11.6 Å². The Balaban J connectivity index is 1.63. The molecule has 0 bridgehead atoms. The van der Waals surface area contributed by atoms with Gasteiger partial charge in [0.25, 0.3) is 0 Å². The van der Waals surface area contributed by atoms with Crippen molar-refractivity contribution >= 4 is 17.7 Å². The van der Waals surface area contributed by atoms with Crippen LogP contribution in [-0.2, 0) is 11.3 Å². The third-order valence-electron chi connectivity index (χ3n) is 4.24. The van der Waals surface area contributed by atoms with Crippen LogP contribution in [0.15, 0.2) is 40.3 Å². The van der Waals surface area contributed by atoms with Gasteiger partial charge in [-0.05, 0) is 24.3 Å². The van der Waals surface area contributed by atoms with Gasteiger partial charge in [-0.1, -0.05) is 49.0 Å². The molecule has 1 fully saturated rings. The highest BCUT2D eigenvalue weighted by molar-refractivity contribution is 7.99. The second-order valence-electron chi connectivity index (χ2n) is 6.26. The number of carbonyl (C=O) groups excluding carboxylic acids is 1. The number of carbonyl (C=O) groups is 1. The molecule has 1 aromatic heterocycles. The lowest BCUT2D eigenvalue weighted by atomic mass is 10.0. The number of hydrogen-bond donors (Lipinski definition) is 1. The van der Waals surface area contributed by atoms with Crippen molar-refractivity contribution in [2.45, 2.75) is 31.5 Å². The maximum atomic E-state index is 12.4. The van der Waals surface area contributed by atoms with Crippen molar-refractivity contribution < 1.29 is 4.79 Å². The van der Waals surface area contributed by atoms with Crippen LogP contribution in [0.5, 0.6) is 0 Å². The molecule has 1 atom stereocenters. The van der Waals surface area contributed by atoms with Crippen molar-refractivity contribution in [1.29, 1.82) is 0 Å². The molecule has 1 aromatic carbocycles. The summed E-state index contributed by atoms with van der Waals surface area (Å²) in [6, 6.07) is 9.75. The molecule has 1 saturated heterocycles. The van der Waals surface area contributed by atoms with Crippen LogP contribution >= 0.6 is 11.8 Å². The zero-order valence-electron chi connectivity index (χ0n) is 13.8. The number of nitrogens with one attached hydrogen (secondary N) is 1. The van der Waals surface area contributed by atoms with Crippen molar-refractivity contribution in [3.05, 3.63) is 46.4 Å². The van der Waals surface area contributed by atoms with Gasteiger partial charge >= 0.3 is 5.69 Å². The zero-order chi connectivity index (χ0) is 16.9. The maximum Gasteiger partial charge on any atom is 0.344 e. The molecule has 0 radical (unpaired) electrons. The molecule has 1 aliphatic rings. The highest BCUT2D eigenvalue weighted by atomic mass is 32.2. The first-order valence-electron chi connectivity index (χ1n) is 8.23. The molecule has 6 nitrogen and oxygen atoms in total. The number of rotatable bonds is 5. The summed E-state index contributed by atoms with van der Waals surface area (Å²) >= 11 is 1.32. The Hall–Kier alpha value is -2.02. The minimum absolute atomic E-state index is 0.119. The minimum Gasteiger partial charge on any atom is -0.342 e. The lowest BCUT2D eigenvalue weighted by Gasteiger charge is -2.30. The maximum absolute atomic E-state index is 12.4. The first-order valence-corrected chi connectivity index (χ1v) is 9.22. The van der Waals surface area contributed by atoms with Gasteiger partial charge in [-0.25, -0.2) is 9.89 Å². The molecule has 1 aliphatic heterocycles. The van der Waals surface area contributed by atoms with E-state index in [0.717, 1.165) is 25.1 Å². The highest BCUT2D eigenvalue weighted by Gasteiger charge is 2.21. The molecule has 7 heteroatoms. The van der Waals surface area contributed by atoms with Crippen LogP contribution in [-0.4, -0.2) is 44.4 Å². The number of nitrogens with zero attached hydrogens (tertiary/aromatic N) is 3. The van der Waals surface area contributed by atoms with Gasteiger partial charge in [0.2, 0.25) is 5.91 Å². The Morgan fingerprint density at radius 2 is 2.17 bits per heavy atom. The molecule has 0 saturated carbocycles. The van der Waals surface area contributed by atoms with E-state index in [1.807, 2.05) is 35.2 Å². The number of likely N-dealkylation sites (tertiary alicyclic amines) is 1. The van der Waals surface area contributed by atoms with E-state index in [1.165, 1.54) is 18.2 Å². The lowest BCUT2D eigenvalue weighted by Crippen LogP contribution is -2.40. The Labute approximate surface area is 145 Å².